The molecule has 1 unspecified atom stereocenters. The number of rotatable bonds is 1. The maximum Gasteiger partial charge on any atom is 0.210 e. The highest BCUT2D eigenvalue weighted by Gasteiger charge is 2.22. The van der Waals surface area contributed by atoms with E-state index in [2.05, 4.69) is 28.5 Å². The lowest BCUT2D eigenvalue weighted by Crippen LogP contribution is -2.09. The highest BCUT2D eigenvalue weighted by Crippen LogP contribution is 2.25. The first-order valence-corrected chi connectivity index (χ1v) is 5.86. The van der Waals surface area contributed by atoms with Crippen LogP contribution in [0, 0.1) is 6.92 Å². The molecule has 3 heterocycles. The Bertz CT molecular complexity index is 499. The summed E-state index contributed by atoms with van der Waals surface area (Å²) in [5.74, 6) is 0. The molecule has 1 aliphatic rings. The standard InChI is InChI=1S/C10H12N4S/c1-6-5-15-10(12-6)14-4-8-7(2)11-3-9(8)13-14/h4-5,7,11H,3H2,1-2H3. The summed E-state index contributed by atoms with van der Waals surface area (Å²) in [7, 11) is 0. The Balaban J connectivity index is 2.04. The van der Waals surface area contributed by atoms with Crippen molar-refractivity contribution in [2.24, 2.45) is 0 Å². The second-order valence-corrected chi connectivity index (χ2v) is 4.69. The fourth-order valence-electron chi connectivity index (χ4n) is 1.83. The van der Waals surface area contributed by atoms with Crippen LogP contribution in [-0.2, 0) is 6.54 Å². The lowest BCUT2D eigenvalue weighted by Gasteiger charge is -2.01. The topological polar surface area (TPSA) is 42.7 Å². The molecule has 2 aromatic rings. The minimum absolute atomic E-state index is 0.412. The smallest absolute Gasteiger partial charge is 0.210 e. The zero-order chi connectivity index (χ0) is 10.4. The van der Waals surface area contributed by atoms with Gasteiger partial charge in [0.1, 0.15) is 0 Å². The average molecular weight is 220 g/mol. The average Bonchev–Trinajstić information content (AvgIpc) is 2.84. The third-order valence-electron chi connectivity index (χ3n) is 2.67. The first-order chi connectivity index (χ1) is 7.24. The number of fused-ring (bicyclic) bond motifs is 1. The van der Waals surface area contributed by atoms with Gasteiger partial charge < -0.3 is 5.32 Å². The zero-order valence-corrected chi connectivity index (χ0v) is 9.51. The van der Waals surface area contributed by atoms with Gasteiger partial charge in [-0.05, 0) is 13.8 Å². The van der Waals surface area contributed by atoms with E-state index in [1.807, 2.05) is 17.0 Å². The van der Waals surface area contributed by atoms with E-state index in [1.165, 1.54) is 5.56 Å². The highest BCUT2D eigenvalue weighted by atomic mass is 32.1. The van der Waals surface area contributed by atoms with Crippen LogP contribution >= 0.6 is 11.3 Å². The van der Waals surface area contributed by atoms with Crippen molar-refractivity contribution >= 4 is 11.3 Å². The van der Waals surface area contributed by atoms with Gasteiger partial charge in [-0.3, -0.25) is 0 Å². The molecule has 0 saturated carbocycles. The van der Waals surface area contributed by atoms with Gasteiger partial charge in [0, 0.05) is 29.7 Å². The van der Waals surface area contributed by atoms with Crippen LogP contribution in [-0.4, -0.2) is 14.8 Å². The van der Waals surface area contributed by atoms with Crippen molar-refractivity contribution in [1.29, 1.82) is 0 Å². The van der Waals surface area contributed by atoms with E-state index in [9.17, 15) is 0 Å². The number of hydrogen-bond donors (Lipinski definition) is 1. The van der Waals surface area contributed by atoms with Gasteiger partial charge in [0.25, 0.3) is 0 Å². The zero-order valence-electron chi connectivity index (χ0n) is 8.69. The quantitative estimate of drug-likeness (QED) is 0.797. The minimum atomic E-state index is 0.412. The van der Waals surface area contributed by atoms with Gasteiger partial charge in [-0.2, -0.15) is 5.10 Å². The van der Waals surface area contributed by atoms with Crippen LogP contribution in [0.1, 0.15) is 29.9 Å². The van der Waals surface area contributed by atoms with E-state index in [0.29, 0.717) is 6.04 Å². The van der Waals surface area contributed by atoms with E-state index >= 15 is 0 Å². The fourth-order valence-corrected chi connectivity index (χ4v) is 2.55. The Morgan fingerprint density at radius 3 is 3.13 bits per heavy atom. The third-order valence-corrected chi connectivity index (χ3v) is 3.62. The predicted molar refractivity (Wildman–Crippen MR) is 59.2 cm³/mol. The molecule has 0 saturated heterocycles. The molecule has 1 aliphatic heterocycles. The molecule has 0 aliphatic carbocycles. The molecule has 15 heavy (non-hydrogen) atoms. The first kappa shape index (κ1) is 9.06. The van der Waals surface area contributed by atoms with Crippen LogP contribution < -0.4 is 5.32 Å². The molecular formula is C10H12N4S. The van der Waals surface area contributed by atoms with Crippen molar-refractivity contribution in [2.75, 3.05) is 0 Å². The van der Waals surface area contributed by atoms with Crippen molar-refractivity contribution in [3.05, 3.63) is 28.5 Å². The predicted octanol–water partition coefficient (Wildman–Crippen LogP) is 1.80. The lowest BCUT2D eigenvalue weighted by atomic mass is 10.2. The maximum absolute atomic E-state index is 4.53. The molecule has 0 spiro atoms. The van der Waals surface area contributed by atoms with Gasteiger partial charge in [0.2, 0.25) is 5.13 Å². The lowest BCUT2D eigenvalue weighted by molar-refractivity contribution is 0.617. The summed E-state index contributed by atoms with van der Waals surface area (Å²) in [5, 5.41) is 10.9. The number of aromatic nitrogens is 3. The number of aryl methyl sites for hydroxylation is 1. The molecule has 0 bridgehead atoms. The molecule has 0 aromatic carbocycles. The van der Waals surface area contributed by atoms with Gasteiger partial charge in [-0.25, -0.2) is 9.67 Å². The molecule has 5 heteroatoms. The van der Waals surface area contributed by atoms with Crippen molar-refractivity contribution in [3.63, 3.8) is 0 Å². The summed E-state index contributed by atoms with van der Waals surface area (Å²) in [6.45, 7) is 5.03. The van der Waals surface area contributed by atoms with Crippen LogP contribution in [0.2, 0.25) is 0 Å². The van der Waals surface area contributed by atoms with E-state index in [-0.39, 0.29) is 0 Å². The van der Waals surface area contributed by atoms with Gasteiger partial charge in [-0.15, -0.1) is 11.3 Å². The SMILES string of the molecule is Cc1csc(-n2cc3c(n2)CNC3C)n1. The Hall–Kier alpha value is -1.20. The maximum atomic E-state index is 4.53. The fraction of sp³-hybridized carbons (Fsp3) is 0.400. The van der Waals surface area contributed by atoms with Gasteiger partial charge in [0.05, 0.1) is 11.4 Å². The number of thiazole rings is 1. The third kappa shape index (κ3) is 1.39. The molecule has 78 valence electrons. The largest absolute Gasteiger partial charge is 0.304 e. The van der Waals surface area contributed by atoms with Gasteiger partial charge in [0.15, 0.2) is 0 Å². The van der Waals surface area contributed by atoms with Crippen LogP contribution in [0.15, 0.2) is 11.6 Å². The molecule has 0 amide bonds. The molecule has 0 fully saturated rings. The van der Waals surface area contributed by atoms with Crippen LogP contribution in [0.25, 0.3) is 5.13 Å². The van der Waals surface area contributed by atoms with Gasteiger partial charge >= 0.3 is 0 Å². The Kier molecular flexibility index (Phi) is 1.90. The van der Waals surface area contributed by atoms with E-state index in [0.717, 1.165) is 23.1 Å². The highest BCUT2D eigenvalue weighted by molar-refractivity contribution is 7.12. The molecule has 3 rings (SSSR count). The number of nitrogens with zero attached hydrogens (tertiary/aromatic N) is 3. The van der Waals surface area contributed by atoms with Gasteiger partial charge in [-0.1, -0.05) is 0 Å². The first-order valence-electron chi connectivity index (χ1n) is 4.98. The molecule has 1 N–H and O–H groups in total. The van der Waals surface area contributed by atoms with E-state index in [1.54, 1.807) is 11.3 Å². The molecule has 0 radical (unpaired) electrons. The number of hydrogen-bond acceptors (Lipinski definition) is 4. The van der Waals surface area contributed by atoms with Crippen LogP contribution in [0.5, 0.6) is 0 Å². The van der Waals surface area contributed by atoms with Crippen molar-refractivity contribution < 1.29 is 0 Å². The monoisotopic (exact) mass is 220 g/mol. The van der Waals surface area contributed by atoms with Crippen molar-refractivity contribution in [1.82, 2.24) is 20.1 Å². The number of nitrogens with one attached hydrogen (secondary N) is 1. The molecular weight excluding hydrogens is 208 g/mol. The molecule has 2 aromatic heterocycles. The normalized spacial score (nSPS) is 19.5. The van der Waals surface area contributed by atoms with E-state index < -0.39 is 0 Å². The summed E-state index contributed by atoms with van der Waals surface area (Å²) < 4.78 is 1.89. The van der Waals surface area contributed by atoms with Crippen LogP contribution in [0.3, 0.4) is 0 Å². The summed E-state index contributed by atoms with van der Waals surface area (Å²) in [4.78, 5) is 4.42. The van der Waals surface area contributed by atoms with Crippen molar-refractivity contribution in [2.45, 2.75) is 26.4 Å². The summed E-state index contributed by atoms with van der Waals surface area (Å²) in [5.41, 5.74) is 3.50. The minimum Gasteiger partial charge on any atom is -0.304 e. The van der Waals surface area contributed by atoms with E-state index in [4.69, 9.17) is 0 Å². The Morgan fingerprint density at radius 2 is 2.47 bits per heavy atom. The molecule has 4 nitrogen and oxygen atoms in total. The summed E-state index contributed by atoms with van der Waals surface area (Å²) >= 11 is 1.63. The second kappa shape index (κ2) is 3.15. The second-order valence-electron chi connectivity index (χ2n) is 3.85. The Morgan fingerprint density at radius 1 is 1.60 bits per heavy atom. The van der Waals surface area contributed by atoms with Crippen LogP contribution in [0.4, 0.5) is 0 Å². The Labute approximate surface area is 92.0 Å². The summed E-state index contributed by atoms with van der Waals surface area (Å²) in [6, 6.07) is 0.412. The van der Waals surface area contributed by atoms with Crippen molar-refractivity contribution in [3.8, 4) is 5.13 Å². The molecule has 1 atom stereocenters. The summed E-state index contributed by atoms with van der Waals surface area (Å²) in [6.07, 6.45) is 2.08.